The van der Waals surface area contributed by atoms with Crippen LogP contribution in [0.3, 0.4) is 0 Å². The third-order valence-electron chi connectivity index (χ3n) is 2.61. The molecule has 0 unspecified atom stereocenters. The number of hydrogen-bond acceptors (Lipinski definition) is 5. The Morgan fingerprint density at radius 2 is 1.83 bits per heavy atom. The average Bonchev–Trinajstić information content (AvgIpc) is 2.30. The minimum atomic E-state index is -0.814. The van der Waals surface area contributed by atoms with Gasteiger partial charge in [-0.1, -0.05) is 19.8 Å². The third kappa shape index (κ3) is 3.16. The van der Waals surface area contributed by atoms with Gasteiger partial charge in [-0.25, -0.2) is 0 Å². The number of benzene rings is 1. The van der Waals surface area contributed by atoms with E-state index in [1.165, 1.54) is 6.07 Å². The van der Waals surface area contributed by atoms with E-state index in [1.807, 2.05) is 6.92 Å². The van der Waals surface area contributed by atoms with Crippen molar-refractivity contribution in [2.75, 3.05) is 0 Å². The van der Waals surface area contributed by atoms with Gasteiger partial charge in [-0.2, -0.15) is 0 Å². The lowest BCUT2D eigenvalue weighted by Gasteiger charge is -2.04. The Morgan fingerprint density at radius 1 is 1.17 bits per heavy atom. The highest BCUT2D eigenvalue weighted by molar-refractivity contribution is 5.57. The summed E-state index contributed by atoms with van der Waals surface area (Å²) in [6.45, 7) is 2.00. The molecule has 18 heavy (non-hydrogen) atoms. The van der Waals surface area contributed by atoms with Crippen molar-refractivity contribution in [3.63, 3.8) is 0 Å². The van der Waals surface area contributed by atoms with Crippen molar-refractivity contribution >= 4 is 11.4 Å². The quantitative estimate of drug-likeness (QED) is 0.477. The Kier molecular flexibility index (Phi) is 4.59. The number of unbranched alkanes of at least 4 members (excludes halogenated alkanes) is 2. The van der Waals surface area contributed by atoms with Gasteiger partial charge in [0.15, 0.2) is 5.75 Å². The van der Waals surface area contributed by atoms with Crippen LogP contribution >= 0.6 is 0 Å². The van der Waals surface area contributed by atoms with E-state index < -0.39 is 21.3 Å². The molecule has 7 nitrogen and oxygen atoms in total. The van der Waals surface area contributed by atoms with Crippen molar-refractivity contribution in [2.45, 2.75) is 32.6 Å². The zero-order chi connectivity index (χ0) is 13.7. The Balaban J connectivity index is 3.14. The first-order valence-electron chi connectivity index (χ1n) is 5.62. The summed E-state index contributed by atoms with van der Waals surface area (Å²) in [6, 6.07) is 1.97. The maximum absolute atomic E-state index is 10.7. The molecule has 0 heterocycles. The van der Waals surface area contributed by atoms with Gasteiger partial charge in [-0.15, -0.1) is 0 Å². The molecule has 0 saturated heterocycles. The van der Waals surface area contributed by atoms with Crippen LogP contribution in [0.5, 0.6) is 5.75 Å². The molecule has 1 rings (SSSR count). The molecule has 0 bridgehead atoms. The Hall–Kier alpha value is -2.18. The van der Waals surface area contributed by atoms with E-state index in [2.05, 4.69) is 0 Å². The van der Waals surface area contributed by atoms with Crippen molar-refractivity contribution < 1.29 is 15.0 Å². The molecule has 0 radical (unpaired) electrons. The predicted molar refractivity (Wildman–Crippen MR) is 64.6 cm³/mol. The lowest BCUT2D eigenvalue weighted by atomic mass is 10.0. The largest absolute Gasteiger partial charge is 0.502 e. The summed E-state index contributed by atoms with van der Waals surface area (Å²) < 4.78 is 0. The zero-order valence-electron chi connectivity index (χ0n) is 9.96. The SMILES string of the molecule is CCCCCc1cc([N+](=O)[O-])cc([N+](=O)[O-])c1O. The molecule has 0 saturated carbocycles. The highest BCUT2D eigenvalue weighted by atomic mass is 16.6. The molecule has 1 N–H and O–H groups in total. The Labute approximate surface area is 103 Å². The van der Waals surface area contributed by atoms with Crippen molar-refractivity contribution in [1.29, 1.82) is 0 Å². The monoisotopic (exact) mass is 254 g/mol. The average molecular weight is 254 g/mol. The molecule has 1 aromatic carbocycles. The first kappa shape index (κ1) is 13.9. The number of phenols is 1. The molecule has 0 aliphatic heterocycles. The molecule has 0 aliphatic rings. The fraction of sp³-hybridized carbons (Fsp3) is 0.455. The van der Waals surface area contributed by atoms with Gasteiger partial charge in [0.25, 0.3) is 5.69 Å². The minimum absolute atomic E-state index is 0.254. The molecule has 0 spiro atoms. The van der Waals surface area contributed by atoms with Gasteiger partial charge in [-0.05, 0) is 12.8 Å². The topological polar surface area (TPSA) is 107 Å². The van der Waals surface area contributed by atoms with E-state index in [-0.39, 0.29) is 11.3 Å². The van der Waals surface area contributed by atoms with Crippen LogP contribution in [0.25, 0.3) is 0 Å². The number of nitrogens with zero attached hydrogens (tertiary/aromatic N) is 2. The first-order valence-corrected chi connectivity index (χ1v) is 5.62. The summed E-state index contributed by atoms with van der Waals surface area (Å²) in [5, 5.41) is 31.1. The number of nitro benzene ring substituents is 2. The van der Waals surface area contributed by atoms with Gasteiger partial charge in [0.2, 0.25) is 0 Å². The van der Waals surface area contributed by atoms with Gasteiger partial charge in [-0.3, -0.25) is 20.2 Å². The number of nitro groups is 2. The summed E-state index contributed by atoms with van der Waals surface area (Å²) in [5.41, 5.74) is -0.731. The van der Waals surface area contributed by atoms with E-state index in [0.29, 0.717) is 6.42 Å². The van der Waals surface area contributed by atoms with Crippen LogP contribution in [-0.2, 0) is 6.42 Å². The van der Waals surface area contributed by atoms with E-state index >= 15 is 0 Å². The van der Waals surface area contributed by atoms with E-state index in [1.54, 1.807) is 0 Å². The van der Waals surface area contributed by atoms with E-state index in [9.17, 15) is 25.3 Å². The molecule has 1 aromatic rings. The summed E-state index contributed by atoms with van der Waals surface area (Å²) in [6.07, 6.45) is 2.97. The number of aryl methyl sites for hydroxylation is 1. The van der Waals surface area contributed by atoms with Crippen LogP contribution in [0.2, 0.25) is 0 Å². The molecule has 0 aromatic heterocycles. The van der Waals surface area contributed by atoms with Gasteiger partial charge in [0.05, 0.1) is 15.9 Å². The van der Waals surface area contributed by atoms with Crippen LogP contribution in [0.4, 0.5) is 11.4 Å². The molecule has 0 atom stereocenters. The van der Waals surface area contributed by atoms with Crippen LogP contribution in [0, 0.1) is 20.2 Å². The highest BCUT2D eigenvalue weighted by Crippen LogP contribution is 2.35. The molecule has 98 valence electrons. The Bertz CT molecular complexity index is 473. The summed E-state index contributed by atoms with van der Waals surface area (Å²) in [4.78, 5) is 19.9. The molecule has 7 heteroatoms. The standard InChI is InChI=1S/C11H14N2O5/c1-2-3-4-5-8-6-9(12(15)16)7-10(11(8)14)13(17)18/h6-7,14H,2-5H2,1H3. The first-order chi connectivity index (χ1) is 8.47. The second kappa shape index (κ2) is 5.95. The van der Waals surface area contributed by atoms with Gasteiger partial charge >= 0.3 is 5.69 Å². The number of non-ortho nitro benzene ring substituents is 1. The van der Waals surface area contributed by atoms with E-state index in [4.69, 9.17) is 0 Å². The second-order valence-corrected chi connectivity index (χ2v) is 3.94. The third-order valence-corrected chi connectivity index (χ3v) is 2.61. The van der Waals surface area contributed by atoms with Crippen molar-refractivity contribution in [3.05, 3.63) is 37.9 Å². The van der Waals surface area contributed by atoms with Crippen LogP contribution in [-0.4, -0.2) is 15.0 Å². The van der Waals surface area contributed by atoms with Crippen LogP contribution in [0.15, 0.2) is 12.1 Å². The molecular formula is C11H14N2O5. The van der Waals surface area contributed by atoms with Gasteiger partial charge in [0.1, 0.15) is 0 Å². The lowest BCUT2D eigenvalue weighted by molar-refractivity contribution is -0.394. The van der Waals surface area contributed by atoms with Crippen LogP contribution < -0.4 is 0 Å². The number of aromatic hydroxyl groups is 1. The van der Waals surface area contributed by atoms with Crippen molar-refractivity contribution in [3.8, 4) is 5.75 Å². The second-order valence-electron chi connectivity index (χ2n) is 3.94. The predicted octanol–water partition coefficient (Wildman–Crippen LogP) is 2.94. The zero-order valence-corrected chi connectivity index (χ0v) is 9.96. The Morgan fingerprint density at radius 3 is 2.33 bits per heavy atom. The maximum Gasteiger partial charge on any atom is 0.317 e. The molecule has 0 aliphatic carbocycles. The summed E-state index contributed by atoms with van der Waals surface area (Å²) in [7, 11) is 0. The smallest absolute Gasteiger partial charge is 0.317 e. The fourth-order valence-corrected chi connectivity index (χ4v) is 1.66. The number of rotatable bonds is 6. The number of hydrogen-bond donors (Lipinski definition) is 1. The number of phenolic OH excluding ortho intramolecular Hbond substituents is 1. The van der Waals surface area contributed by atoms with Crippen molar-refractivity contribution in [1.82, 2.24) is 0 Å². The van der Waals surface area contributed by atoms with Gasteiger partial charge in [0, 0.05) is 11.6 Å². The molecule has 0 fully saturated rings. The van der Waals surface area contributed by atoms with Crippen LogP contribution in [0.1, 0.15) is 31.7 Å². The maximum atomic E-state index is 10.7. The molecular weight excluding hydrogens is 240 g/mol. The van der Waals surface area contributed by atoms with E-state index in [0.717, 1.165) is 25.3 Å². The summed E-state index contributed by atoms with van der Waals surface area (Å²) in [5.74, 6) is -0.471. The van der Waals surface area contributed by atoms with Crippen molar-refractivity contribution in [2.24, 2.45) is 0 Å². The minimum Gasteiger partial charge on any atom is -0.502 e. The lowest BCUT2D eigenvalue weighted by Crippen LogP contribution is -1.97. The fourth-order valence-electron chi connectivity index (χ4n) is 1.66. The normalized spacial score (nSPS) is 10.3. The van der Waals surface area contributed by atoms with Gasteiger partial charge < -0.3 is 5.11 Å². The highest BCUT2D eigenvalue weighted by Gasteiger charge is 2.23. The summed E-state index contributed by atoms with van der Waals surface area (Å²) >= 11 is 0. The molecule has 0 amide bonds.